The average molecular weight is 223 g/mol. The number of pyridine rings is 1. The van der Waals surface area contributed by atoms with E-state index in [-0.39, 0.29) is 17.5 Å². The van der Waals surface area contributed by atoms with Crippen molar-refractivity contribution in [3.8, 4) is 0 Å². The molecule has 0 aliphatic rings. The van der Waals surface area contributed by atoms with Crippen LogP contribution in [-0.2, 0) is 0 Å². The Labute approximate surface area is 94.3 Å². The summed E-state index contributed by atoms with van der Waals surface area (Å²) in [5.41, 5.74) is 0.985. The molecular weight excluding hydrogens is 206 g/mol. The standard InChI is InChI=1S/C11H17N3O2/c1-7-4-10(15)13-6-9(7)11(16)14-5-8(2)12-3/h4,6,8,12H,5H2,1-3H3,(H,13,15)(H,14,16). The summed E-state index contributed by atoms with van der Waals surface area (Å²) in [7, 11) is 1.84. The Morgan fingerprint density at radius 1 is 1.56 bits per heavy atom. The number of nitrogens with one attached hydrogen (secondary N) is 3. The van der Waals surface area contributed by atoms with Crippen LogP contribution in [0.5, 0.6) is 0 Å². The van der Waals surface area contributed by atoms with Gasteiger partial charge in [0.15, 0.2) is 0 Å². The maximum Gasteiger partial charge on any atom is 0.253 e. The first-order valence-electron chi connectivity index (χ1n) is 5.19. The fourth-order valence-electron chi connectivity index (χ4n) is 1.26. The van der Waals surface area contributed by atoms with Crippen LogP contribution in [0.3, 0.4) is 0 Å². The maximum absolute atomic E-state index is 11.7. The van der Waals surface area contributed by atoms with Crippen LogP contribution >= 0.6 is 0 Å². The number of hydrogen-bond donors (Lipinski definition) is 3. The van der Waals surface area contributed by atoms with E-state index in [0.29, 0.717) is 17.7 Å². The number of carbonyl (C=O) groups excluding carboxylic acids is 1. The predicted octanol–water partition coefficient (Wildman–Crippen LogP) is 0.0210. The van der Waals surface area contributed by atoms with Crippen LogP contribution in [0.25, 0.3) is 0 Å². The highest BCUT2D eigenvalue weighted by molar-refractivity contribution is 5.95. The van der Waals surface area contributed by atoms with E-state index < -0.39 is 0 Å². The Kier molecular flexibility index (Phi) is 4.25. The topological polar surface area (TPSA) is 74.0 Å². The third kappa shape index (κ3) is 3.20. The zero-order chi connectivity index (χ0) is 12.1. The van der Waals surface area contributed by atoms with E-state index >= 15 is 0 Å². The number of hydrogen-bond acceptors (Lipinski definition) is 3. The fraction of sp³-hybridized carbons (Fsp3) is 0.455. The van der Waals surface area contributed by atoms with Crippen molar-refractivity contribution in [3.05, 3.63) is 33.7 Å². The predicted molar refractivity (Wildman–Crippen MR) is 62.7 cm³/mol. The number of carbonyl (C=O) groups is 1. The summed E-state index contributed by atoms with van der Waals surface area (Å²) in [5.74, 6) is -0.171. The SMILES string of the molecule is CNC(C)CNC(=O)c1c[nH]c(=O)cc1C. The van der Waals surface area contributed by atoms with Crippen molar-refractivity contribution < 1.29 is 4.79 Å². The van der Waals surface area contributed by atoms with Gasteiger partial charge in [0.1, 0.15) is 0 Å². The molecule has 0 bridgehead atoms. The highest BCUT2D eigenvalue weighted by Crippen LogP contribution is 2.01. The largest absolute Gasteiger partial charge is 0.350 e. The molecule has 88 valence electrons. The molecule has 1 amide bonds. The third-order valence-corrected chi connectivity index (χ3v) is 2.44. The van der Waals surface area contributed by atoms with Gasteiger partial charge in [-0.05, 0) is 26.5 Å². The molecule has 0 radical (unpaired) electrons. The smallest absolute Gasteiger partial charge is 0.253 e. The lowest BCUT2D eigenvalue weighted by Gasteiger charge is -2.12. The minimum atomic E-state index is -0.197. The van der Waals surface area contributed by atoms with Crippen molar-refractivity contribution in [2.24, 2.45) is 0 Å². The molecular formula is C11H17N3O2. The normalized spacial score (nSPS) is 12.2. The molecule has 0 aromatic carbocycles. The average Bonchev–Trinajstić information content (AvgIpc) is 2.25. The van der Waals surface area contributed by atoms with E-state index in [1.165, 1.54) is 12.3 Å². The van der Waals surface area contributed by atoms with Crippen LogP contribution in [-0.4, -0.2) is 30.5 Å². The number of likely N-dealkylation sites (N-methyl/N-ethyl adjacent to an activating group) is 1. The molecule has 1 aromatic heterocycles. The number of H-pyrrole nitrogens is 1. The molecule has 5 nitrogen and oxygen atoms in total. The van der Waals surface area contributed by atoms with Gasteiger partial charge in [0.2, 0.25) is 5.56 Å². The van der Waals surface area contributed by atoms with E-state index in [2.05, 4.69) is 15.6 Å². The molecule has 16 heavy (non-hydrogen) atoms. The Morgan fingerprint density at radius 2 is 2.25 bits per heavy atom. The number of aryl methyl sites for hydroxylation is 1. The minimum absolute atomic E-state index is 0.171. The first-order chi connectivity index (χ1) is 7.54. The summed E-state index contributed by atoms with van der Waals surface area (Å²) in [6, 6.07) is 1.63. The van der Waals surface area contributed by atoms with Crippen LogP contribution in [0, 0.1) is 6.92 Å². The summed E-state index contributed by atoms with van der Waals surface area (Å²) < 4.78 is 0. The summed E-state index contributed by atoms with van der Waals surface area (Å²) in [6.07, 6.45) is 1.44. The van der Waals surface area contributed by atoms with Gasteiger partial charge in [-0.15, -0.1) is 0 Å². The fourth-order valence-corrected chi connectivity index (χ4v) is 1.26. The second-order valence-corrected chi connectivity index (χ2v) is 3.79. The van der Waals surface area contributed by atoms with Gasteiger partial charge in [-0.25, -0.2) is 0 Å². The van der Waals surface area contributed by atoms with Crippen LogP contribution in [0.15, 0.2) is 17.1 Å². The van der Waals surface area contributed by atoms with E-state index in [4.69, 9.17) is 0 Å². The molecule has 1 aromatic rings. The molecule has 0 aliphatic carbocycles. The molecule has 3 N–H and O–H groups in total. The molecule has 1 atom stereocenters. The summed E-state index contributed by atoms with van der Waals surface area (Å²) in [4.78, 5) is 25.2. The van der Waals surface area contributed by atoms with E-state index in [9.17, 15) is 9.59 Å². The van der Waals surface area contributed by atoms with Crippen LogP contribution in [0.1, 0.15) is 22.8 Å². The van der Waals surface area contributed by atoms with Crippen molar-refractivity contribution in [1.29, 1.82) is 0 Å². The highest BCUT2D eigenvalue weighted by Gasteiger charge is 2.09. The molecule has 0 saturated carbocycles. The molecule has 1 unspecified atom stereocenters. The van der Waals surface area contributed by atoms with E-state index in [0.717, 1.165) is 0 Å². The highest BCUT2D eigenvalue weighted by atomic mass is 16.1. The van der Waals surface area contributed by atoms with Crippen LogP contribution in [0.2, 0.25) is 0 Å². The Morgan fingerprint density at radius 3 is 2.81 bits per heavy atom. The van der Waals surface area contributed by atoms with Gasteiger partial charge in [0.25, 0.3) is 5.91 Å². The van der Waals surface area contributed by atoms with Gasteiger partial charge in [-0.3, -0.25) is 9.59 Å². The van der Waals surface area contributed by atoms with Crippen molar-refractivity contribution in [3.63, 3.8) is 0 Å². The molecule has 0 aliphatic heterocycles. The molecule has 5 heteroatoms. The lowest BCUT2D eigenvalue weighted by molar-refractivity contribution is 0.0949. The quantitative estimate of drug-likeness (QED) is 0.673. The van der Waals surface area contributed by atoms with Crippen molar-refractivity contribution in [1.82, 2.24) is 15.6 Å². The lowest BCUT2D eigenvalue weighted by atomic mass is 10.1. The Bertz CT molecular complexity index is 425. The van der Waals surface area contributed by atoms with Crippen molar-refractivity contribution >= 4 is 5.91 Å². The Balaban J connectivity index is 2.70. The first-order valence-corrected chi connectivity index (χ1v) is 5.19. The van der Waals surface area contributed by atoms with Crippen LogP contribution in [0.4, 0.5) is 0 Å². The van der Waals surface area contributed by atoms with Gasteiger partial charge >= 0.3 is 0 Å². The van der Waals surface area contributed by atoms with Gasteiger partial charge < -0.3 is 15.6 Å². The molecule has 0 spiro atoms. The number of rotatable bonds is 4. The van der Waals surface area contributed by atoms with E-state index in [1.807, 2.05) is 14.0 Å². The van der Waals surface area contributed by atoms with Gasteiger partial charge in [0.05, 0.1) is 5.56 Å². The molecule has 1 rings (SSSR count). The van der Waals surface area contributed by atoms with Crippen molar-refractivity contribution in [2.45, 2.75) is 19.9 Å². The van der Waals surface area contributed by atoms with Gasteiger partial charge in [0, 0.05) is 24.8 Å². The molecule has 0 saturated heterocycles. The monoisotopic (exact) mass is 223 g/mol. The van der Waals surface area contributed by atoms with Crippen LogP contribution < -0.4 is 16.2 Å². The van der Waals surface area contributed by atoms with E-state index in [1.54, 1.807) is 6.92 Å². The number of aromatic nitrogens is 1. The molecule has 1 heterocycles. The number of amides is 1. The lowest BCUT2D eigenvalue weighted by Crippen LogP contribution is -2.37. The number of aromatic amines is 1. The Hall–Kier alpha value is -1.62. The second-order valence-electron chi connectivity index (χ2n) is 3.79. The first kappa shape index (κ1) is 12.4. The van der Waals surface area contributed by atoms with Gasteiger partial charge in [-0.2, -0.15) is 0 Å². The van der Waals surface area contributed by atoms with Gasteiger partial charge in [-0.1, -0.05) is 0 Å². The molecule has 0 fully saturated rings. The third-order valence-electron chi connectivity index (χ3n) is 2.44. The zero-order valence-electron chi connectivity index (χ0n) is 9.76. The second kappa shape index (κ2) is 5.46. The minimum Gasteiger partial charge on any atom is -0.350 e. The summed E-state index contributed by atoms with van der Waals surface area (Å²) in [6.45, 7) is 4.26. The zero-order valence-corrected chi connectivity index (χ0v) is 9.76. The summed E-state index contributed by atoms with van der Waals surface area (Å²) in [5, 5.41) is 5.81. The maximum atomic E-state index is 11.7. The summed E-state index contributed by atoms with van der Waals surface area (Å²) >= 11 is 0. The van der Waals surface area contributed by atoms with Crippen molar-refractivity contribution in [2.75, 3.05) is 13.6 Å².